The van der Waals surface area contributed by atoms with Crippen molar-refractivity contribution in [1.82, 2.24) is 5.32 Å². The molecule has 0 unspecified atom stereocenters. The fourth-order valence-electron chi connectivity index (χ4n) is 2.87. The summed E-state index contributed by atoms with van der Waals surface area (Å²) in [5, 5.41) is 6.06. The number of hydrogen-bond donors (Lipinski definition) is 2. The van der Waals surface area contributed by atoms with Crippen LogP contribution in [-0.4, -0.2) is 25.5 Å². The third-order valence-electron chi connectivity index (χ3n) is 4.44. The van der Waals surface area contributed by atoms with Crippen LogP contribution in [0.25, 0.3) is 0 Å². The SMILES string of the molecule is CCN(CC)c1ccc(NCCC(=O)NCc2ccccc2F)c(C)c1. The second kappa shape index (κ2) is 9.80. The molecule has 0 fully saturated rings. The van der Waals surface area contributed by atoms with E-state index in [1.807, 2.05) is 0 Å². The molecule has 2 aromatic carbocycles. The number of benzene rings is 2. The van der Waals surface area contributed by atoms with Crippen molar-refractivity contribution in [1.29, 1.82) is 0 Å². The van der Waals surface area contributed by atoms with Crippen LogP contribution in [0.3, 0.4) is 0 Å². The molecule has 2 aromatic rings. The van der Waals surface area contributed by atoms with E-state index in [0.717, 1.165) is 24.3 Å². The van der Waals surface area contributed by atoms with Crippen molar-refractivity contribution in [3.05, 3.63) is 59.4 Å². The molecular formula is C21H28FN3O. The summed E-state index contributed by atoms with van der Waals surface area (Å²) in [6.07, 6.45) is 0.339. The van der Waals surface area contributed by atoms with Gasteiger partial charge in [-0.05, 0) is 50.6 Å². The van der Waals surface area contributed by atoms with Gasteiger partial charge in [0.2, 0.25) is 5.91 Å². The Morgan fingerprint density at radius 1 is 1.12 bits per heavy atom. The number of nitrogens with one attached hydrogen (secondary N) is 2. The van der Waals surface area contributed by atoms with Crippen LogP contribution in [-0.2, 0) is 11.3 Å². The highest BCUT2D eigenvalue weighted by Gasteiger charge is 2.07. The highest BCUT2D eigenvalue weighted by molar-refractivity contribution is 5.76. The molecule has 0 saturated heterocycles. The summed E-state index contributed by atoms with van der Waals surface area (Å²) in [7, 11) is 0. The first-order valence-electron chi connectivity index (χ1n) is 9.14. The predicted molar refractivity (Wildman–Crippen MR) is 106 cm³/mol. The maximum Gasteiger partial charge on any atom is 0.222 e. The van der Waals surface area contributed by atoms with Crippen molar-refractivity contribution in [2.75, 3.05) is 29.9 Å². The van der Waals surface area contributed by atoms with Gasteiger partial charge in [0.1, 0.15) is 5.82 Å². The number of carbonyl (C=O) groups is 1. The molecule has 0 aliphatic rings. The average Bonchev–Trinajstić information content (AvgIpc) is 2.64. The summed E-state index contributed by atoms with van der Waals surface area (Å²) >= 11 is 0. The van der Waals surface area contributed by atoms with Gasteiger partial charge in [0.15, 0.2) is 0 Å². The van der Waals surface area contributed by atoms with Crippen LogP contribution in [0.15, 0.2) is 42.5 Å². The number of carbonyl (C=O) groups excluding carboxylic acids is 1. The second-order valence-electron chi connectivity index (χ2n) is 6.22. The van der Waals surface area contributed by atoms with Gasteiger partial charge >= 0.3 is 0 Å². The molecule has 0 aromatic heterocycles. The molecule has 2 N–H and O–H groups in total. The van der Waals surface area contributed by atoms with Crippen LogP contribution in [0.2, 0.25) is 0 Å². The quantitative estimate of drug-likeness (QED) is 0.710. The Balaban J connectivity index is 1.80. The minimum atomic E-state index is -0.296. The van der Waals surface area contributed by atoms with Crippen molar-refractivity contribution in [2.45, 2.75) is 33.7 Å². The first-order valence-corrected chi connectivity index (χ1v) is 9.14. The summed E-state index contributed by atoms with van der Waals surface area (Å²) in [5.74, 6) is -0.395. The van der Waals surface area contributed by atoms with Gasteiger partial charge in [0.05, 0.1) is 0 Å². The van der Waals surface area contributed by atoms with Gasteiger partial charge in [-0.2, -0.15) is 0 Å². The number of rotatable bonds is 9. The lowest BCUT2D eigenvalue weighted by molar-refractivity contribution is -0.121. The first-order chi connectivity index (χ1) is 12.5. The van der Waals surface area contributed by atoms with Crippen molar-refractivity contribution in [2.24, 2.45) is 0 Å². The van der Waals surface area contributed by atoms with Gasteiger partial charge in [-0.15, -0.1) is 0 Å². The van der Waals surface area contributed by atoms with E-state index in [1.165, 1.54) is 11.8 Å². The molecule has 1 amide bonds. The maximum atomic E-state index is 13.5. The minimum Gasteiger partial charge on any atom is -0.384 e. The van der Waals surface area contributed by atoms with Gasteiger partial charge < -0.3 is 15.5 Å². The highest BCUT2D eigenvalue weighted by atomic mass is 19.1. The average molecular weight is 357 g/mol. The molecule has 4 nitrogen and oxygen atoms in total. The largest absolute Gasteiger partial charge is 0.384 e. The summed E-state index contributed by atoms with van der Waals surface area (Å²) in [5.41, 5.74) is 3.89. The molecule has 0 radical (unpaired) electrons. The van der Waals surface area contributed by atoms with Gasteiger partial charge in [0.25, 0.3) is 0 Å². The van der Waals surface area contributed by atoms with Crippen LogP contribution in [0.4, 0.5) is 15.8 Å². The van der Waals surface area contributed by atoms with E-state index in [-0.39, 0.29) is 18.3 Å². The Morgan fingerprint density at radius 3 is 2.50 bits per heavy atom. The van der Waals surface area contributed by atoms with E-state index >= 15 is 0 Å². The van der Waals surface area contributed by atoms with Crippen molar-refractivity contribution < 1.29 is 9.18 Å². The molecule has 0 saturated carbocycles. The topological polar surface area (TPSA) is 44.4 Å². The predicted octanol–water partition coefficient (Wildman–Crippen LogP) is 4.10. The number of nitrogens with zero attached hydrogens (tertiary/aromatic N) is 1. The van der Waals surface area contributed by atoms with Gasteiger partial charge in [-0.1, -0.05) is 18.2 Å². The molecule has 0 spiro atoms. The third kappa shape index (κ3) is 5.48. The summed E-state index contributed by atoms with van der Waals surface area (Å²) in [4.78, 5) is 14.2. The standard InChI is InChI=1S/C21H28FN3O/c1-4-25(5-2)18-10-11-20(16(3)14-18)23-13-12-21(26)24-15-17-8-6-7-9-19(17)22/h6-11,14,23H,4-5,12-13,15H2,1-3H3,(H,24,26). The highest BCUT2D eigenvalue weighted by Crippen LogP contribution is 2.22. The van der Waals surface area contributed by atoms with E-state index in [0.29, 0.717) is 18.5 Å². The zero-order chi connectivity index (χ0) is 18.9. The summed E-state index contributed by atoms with van der Waals surface area (Å²) in [6.45, 7) is 9.05. The van der Waals surface area contributed by atoms with Crippen molar-refractivity contribution in [3.63, 3.8) is 0 Å². The van der Waals surface area contributed by atoms with Crippen LogP contribution >= 0.6 is 0 Å². The molecule has 140 valence electrons. The zero-order valence-electron chi connectivity index (χ0n) is 15.8. The summed E-state index contributed by atoms with van der Waals surface area (Å²) in [6, 6.07) is 12.8. The molecule has 5 heteroatoms. The summed E-state index contributed by atoms with van der Waals surface area (Å²) < 4.78 is 13.5. The third-order valence-corrected chi connectivity index (χ3v) is 4.44. The first kappa shape index (κ1) is 19.8. The maximum absolute atomic E-state index is 13.5. The lowest BCUT2D eigenvalue weighted by Crippen LogP contribution is -2.25. The van der Waals surface area contributed by atoms with E-state index in [2.05, 4.69) is 54.5 Å². The lowest BCUT2D eigenvalue weighted by Gasteiger charge is -2.22. The van der Waals surface area contributed by atoms with Gasteiger partial charge in [-0.3, -0.25) is 4.79 Å². The van der Waals surface area contributed by atoms with Crippen LogP contribution < -0.4 is 15.5 Å². The molecule has 0 aliphatic heterocycles. The van der Waals surface area contributed by atoms with Crippen LogP contribution in [0.1, 0.15) is 31.4 Å². The van der Waals surface area contributed by atoms with Crippen molar-refractivity contribution in [3.8, 4) is 0 Å². The van der Waals surface area contributed by atoms with Gasteiger partial charge in [0, 0.05) is 49.5 Å². The fraction of sp³-hybridized carbons (Fsp3) is 0.381. The van der Waals surface area contributed by atoms with Crippen LogP contribution in [0.5, 0.6) is 0 Å². The molecule has 0 heterocycles. The van der Waals surface area contributed by atoms with Gasteiger partial charge in [-0.25, -0.2) is 4.39 Å². The Morgan fingerprint density at radius 2 is 1.85 bits per heavy atom. The monoisotopic (exact) mass is 357 g/mol. The Labute approximate surface area is 155 Å². The molecule has 26 heavy (non-hydrogen) atoms. The lowest BCUT2D eigenvalue weighted by atomic mass is 10.1. The zero-order valence-corrected chi connectivity index (χ0v) is 15.8. The molecule has 2 rings (SSSR count). The number of amides is 1. The Kier molecular flexibility index (Phi) is 7.45. The minimum absolute atomic E-state index is 0.0989. The number of anilines is 2. The van der Waals surface area contributed by atoms with Crippen LogP contribution in [0, 0.1) is 12.7 Å². The molecule has 0 atom stereocenters. The van der Waals surface area contributed by atoms with Crippen molar-refractivity contribution >= 4 is 17.3 Å². The number of hydrogen-bond acceptors (Lipinski definition) is 3. The number of aryl methyl sites for hydroxylation is 1. The Hall–Kier alpha value is -2.56. The van der Waals surface area contributed by atoms with E-state index in [1.54, 1.807) is 18.2 Å². The Bertz CT molecular complexity index is 729. The van der Waals surface area contributed by atoms with E-state index in [4.69, 9.17) is 0 Å². The molecular weight excluding hydrogens is 329 g/mol. The van der Waals surface area contributed by atoms with E-state index in [9.17, 15) is 9.18 Å². The fourth-order valence-corrected chi connectivity index (χ4v) is 2.87. The smallest absolute Gasteiger partial charge is 0.222 e. The van der Waals surface area contributed by atoms with E-state index < -0.39 is 0 Å². The normalized spacial score (nSPS) is 10.5. The molecule has 0 aliphatic carbocycles. The molecule has 0 bridgehead atoms. The number of halogens is 1. The second-order valence-corrected chi connectivity index (χ2v) is 6.22.